The lowest BCUT2D eigenvalue weighted by molar-refractivity contribution is 0.102. The van der Waals surface area contributed by atoms with E-state index >= 15 is 0 Å². The van der Waals surface area contributed by atoms with Crippen LogP contribution in [0.5, 0.6) is 0 Å². The quantitative estimate of drug-likeness (QED) is 0.625. The van der Waals surface area contributed by atoms with Gasteiger partial charge in [0.25, 0.3) is 5.91 Å². The molecule has 0 unspecified atom stereocenters. The van der Waals surface area contributed by atoms with E-state index in [2.05, 4.69) is 10.3 Å². The molecule has 1 heterocycles. The van der Waals surface area contributed by atoms with Gasteiger partial charge in [0.1, 0.15) is 5.82 Å². The van der Waals surface area contributed by atoms with E-state index in [0.717, 1.165) is 10.9 Å². The fourth-order valence-corrected chi connectivity index (χ4v) is 2.11. The van der Waals surface area contributed by atoms with Gasteiger partial charge in [-0.25, -0.2) is 4.39 Å². The smallest absolute Gasteiger partial charge is 0.256 e. The molecule has 20 heavy (non-hydrogen) atoms. The SMILES string of the molecule is Nc1ccc(F)cc1NC(=O)c1cccc2[nH]ccc12. The van der Waals surface area contributed by atoms with Gasteiger partial charge in [-0.1, -0.05) is 6.07 Å². The van der Waals surface area contributed by atoms with Crippen molar-refractivity contribution in [2.75, 3.05) is 11.1 Å². The molecule has 5 heteroatoms. The van der Waals surface area contributed by atoms with Crippen LogP contribution in [0.1, 0.15) is 10.4 Å². The molecule has 0 saturated carbocycles. The molecule has 0 bridgehead atoms. The van der Waals surface area contributed by atoms with Gasteiger partial charge in [0.05, 0.1) is 11.4 Å². The maximum Gasteiger partial charge on any atom is 0.256 e. The molecule has 2 aromatic carbocycles. The van der Waals surface area contributed by atoms with Crippen LogP contribution in [-0.4, -0.2) is 10.9 Å². The summed E-state index contributed by atoms with van der Waals surface area (Å²) in [5.74, 6) is -0.776. The predicted octanol–water partition coefficient (Wildman–Crippen LogP) is 3.14. The first kappa shape index (κ1) is 12.2. The van der Waals surface area contributed by atoms with Crippen molar-refractivity contribution >= 4 is 28.2 Å². The monoisotopic (exact) mass is 269 g/mol. The molecule has 0 saturated heterocycles. The van der Waals surface area contributed by atoms with E-state index in [4.69, 9.17) is 5.73 Å². The van der Waals surface area contributed by atoms with E-state index in [1.807, 2.05) is 12.1 Å². The number of H-pyrrole nitrogens is 1. The first-order valence-electron chi connectivity index (χ1n) is 6.07. The fraction of sp³-hybridized carbons (Fsp3) is 0. The molecule has 3 aromatic rings. The van der Waals surface area contributed by atoms with Gasteiger partial charge < -0.3 is 16.0 Å². The third-order valence-corrected chi connectivity index (χ3v) is 3.10. The summed E-state index contributed by atoms with van der Waals surface area (Å²) >= 11 is 0. The van der Waals surface area contributed by atoms with E-state index in [1.54, 1.807) is 18.3 Å². The van der Waals surface area contributed by atoms with Crippen molar-refractivity contribution < 1.29 is 9.18 Å². The fourth-order valence-electron chi connectivity index (χ4n) is 2.11. The van der Waals surface area contributed by atoms with Gasteiger partial charge in [-0.15, -0.1) is 0 Å². The summed E-state index contributed by atoms with van der Waals surface area (Å²) in [6.45, 7) is 0. The van der Waals surface area contributed by atoms with Crippen molar-refractivity contribution in [1.29, 1.82) is 0 Å². The number of rotatable bonds is 2. The van der Waals surface area contributed by atoms with Gasteiger partial charge in [0.2, 0.25) is 0 Å². The number of halogens is 1. The largest absolute Gasteiger partial charge is 0.397 e. The number of aromatic amines is 1. The minimum absolute atomic E-state index is 0.266. The Kier molecular flexibility index (Phi) is 2.87. The highest BCUT2D eigenvalue weighted by Crippen LogP contribution is 2.22. The second-order valence-electron chi connectivity index (χ2n) is 4.43. The molecule has 0 aliphatic heterocycles. The molecular formula is C15H12FN3O. The Bertz CT molecular complexity index is 795. The van der Waals surface area contributed by atoms with Gasteiger partial charge in [-0.3, -0.25) is 4.79 Å². The first-order valence-corrected chi connectivity index (χ1v) is 6.07. The van der Waals surface area contributed by atoms with Gasteiger partial charge in [0.15, 0.2) is 0 Å². The van der Waals surface area contributed by atoms with Crippen LogP contribution in [0.4, 0.5) is 15.8 Å². The highest BCUT2D eigenvalue weighted by molar-refractivity contribution is 6.13. The Morgan fingerprint density at radius 2 is 2.05 bits per heavy atom. The number of nitrogens with two attached hydrogens (primary N) is 1. The summed E-state index contributed by atoms with van der Waals surface area (Å²) in [4.78, 5) is 15.3. The number of hydrogen-bond donors (Lipinski definition) is 3. The summed E-state index contributed by atoms with van der Waals surface area (Å²) in [5, 5.41) is 3.44. The van der Waals surface area contributed by atoms with Crippen LogP contribution in [0, 0.1) is 5.82 Å². The number of benzene rings is 2. The number of nitrogens with one attached hydrogen (secondary N) is 2. The zero-order valence-corrected chi connectivity index (χ0v) is 10.5. The van der Waals surface area contributed by atoms with Gasteiger partial charge >= 0.3 is 0 Å². The third kappa shape index (κ3) is 2.09. The minimum Gasteiger partial charge on any atom is -0.397 e. The Labute approximate surface area is 114 Å². The average Bonchev–Trinajstić information content (AvgIpc) is 2.91. The normalized spacial score (nSPS) is 10.7. The van der Waals surface area contributed by atoms with Gasteiger partial charge in [-0.2, -0.15) is 0 Å². The summed E-state index contributed by atoms with van der Waals surface area (Å²) in [6, 6.07) is 11.1. The van der Waals surface area contributed by atoms with Gasteiger partial charge in [0, 0.05) is 22.7 Å². The lowest BCUT2D eigenvalue weighted by Crippen LogP contribution is -2.13. The molecule has 4 nitrogen and oxygen atoms in total. The van der Waals surface area contributed by atoms with Crippen molar-refractivity contribution in [3.8, 4) is 0 Å². The van der Waals surface area contributed by atoms with E-state index in [0.29, 0.717) is 11.3 Å². The molecule has 4 N–H and O–H groups in total. The number of carbonyl (C=O) groups excluding carboxylic acids is 1. The number of amides is 1. The third-order valence-electron chi connectivity index (χ3n) is 3.10. The molecule has 0 atom stereocenters. The Morgan fingerprint density at radius 1 is 1.20 bits per heavy atom. The molecule has 1 amide bonds. The number of anilines is 2. The molecule has 0 aliphatic rings. The average molecular weight is 269 g/mol. The van der Waals surface area contributed by atoms with E-state index < -0.39 is 5.82 Å². The summed E-state index contributed by atoms with van der Waals surface area (Å²) < 4.78 is 13.2. The maximum atomic E-state index is 13.2. The first-order chi connectivity index (χ1) is 9.65. The van der Waals surface area contributed by atoms with E-state index in [1.165, 1.54) is 18.2 Å². The molecule has 0 fully saturated rings. The molecular weight excluding hydrogens is 257 g/mol. The number of carbonyl (C=O) groups is 1. The number of hydrogen-bond acceptors (Lipinski definition) is 2. The molecule has 3 rings (SSSR count). The Balaban J connectivity index is 1.97. The van der Waals surface area contributed by atoms with Gasteiger partial charge in [-0.05, 0) is 36.4 Å². The molecule has 0 spiro atoms. The molecule has 0 aliphatic carbocycles. The Morgan fingerprint density at radius 3 is 2.90 bits per heavy atom. The second-order valence-corrected chi connectivity index (χ2v) is 4.43. The molecule has 1 aromatic heterocycles. The van der Waals surface area contributed by atoms with Crippen molar-refractivity contribution in [3.05, 3.63) is 60.0 Å². The maximum absolute atomic E-state index is 13.2. The predicted molar refractivity (Wildman–Crippen MR) is 77.1 cm³/mol. The van der Waals surface area contributed by atoms with Crippen LogP contribution >= 0.6 is 0 Å². The lowest BCUT2D eigenvalue weighted by atomic mass is 10.1. The van der Waals surface area contributed by atoms with Crippen LogP contribution in [0.15, 0.2) is 48.7 Å². The summed E-state index contributed by atoms with van der Waals surface area (Å²) in [7, 11) is 0. The molecule has 100 valence electrons. The topological polar surface area (TPSA) is 70.9 Å². The minimum atomic E-state index is -0.450. The Hall–Kier alpha value is -2.82. The standard InChI is InChI=1S/C15H12FN3O/c16-9-4-5-12(17)14(8-9)19-15(20)11-2-1-3-13-10(11)6-7-18-13/h1-8,18H,17H2,(H,19,20). The van der Waals surface area contributed by atoms with E-state index in [-0.39, 0.29) is 11.6 Å². The highest BCUT2D eigenvalue weighted by Gasteiger charge is 2.12. The zero-order chi connectivity index (χ0) is 14.1. The number of aromatic nitrogens is 1. The summed E-state index contributed by atoms with van der Waals surface area (Å²) in [6.07, 6.45) is 1.76. The van der Waals surface area contributed by atoms with Crippen molar-refractivity contribution in [2.24, 2.45) is 0 Å². The summed E-state index contributed by atoms with van der Waals surface area (Å²) in [5.41, 5.74) is 7.68. The van der Waals surface area contributed by atoms with Crippen molar-refractivity contribution in [1.82, 2.24) is 4.98 Å². The highest BCUT2D eigenvalue weighted by atomic mass is 19.1. The van der Waals surface area contributed by atoms with Crippen LogP contribution in [0.25, 0.3) is 10.9 Å². The van der Waals surface area contributed by atoms with Crippen molar-refractivity contribution in [3.63, 3.8) is 0 Å². The number of fused-ring (bicyclic) bond motifs is 1. The second kappa shape index (κ2) is 4.70. The van der Waals surface area contributed by atoms with Crippen LogP contribution in [-0.2, 0) is 0 Å². The molecule has 0 radical (unpaired) electrons. The van der Waals surface area contributed by atoms with E-state index in [9.17, 15) is 9.18 Å². The van der Waals surface area contributed by atoms with Crippen LogP contribution < -0.4 is 11.1 Å². The van der Waals surface area contributed by atoms with Crippen LogP contribution in [0.3, 0.4) is 0 Å². The van der Waals surface area contributed by atoms with Crippen molar-refractivity contribution in [2.45, 2.75) is 0 Å². The lowest BCUT2D eigenvalue weighted by Gasteiger charge is -2.09. The number of nitrogen functional groups attached to an aromatic ring is 1. The van der Waals surface area contributed by atoms with Crippen LogP contribution in [0.2, 0.25) is 0 Å². The zero-order valence-electron chi connectivity index (χ0n) is 10.5.